The van der Waals surface area contributed by atoms with Gasteiger partial charge in [-0.1, -0.05) is 13.8 Å². The van der Waals surface area contributed by atoms with Crippen molar-refractivity contribution in [2.45, 2.75) is 63.7 Å². The van der Waals surface area contributed by atoms with E-state index in [1.165, 1.54) is 0 Å². The van der Waals surface area contributed by atoms with Gasteiger partial charge in [0.25, 0.3) is 0 Å². The Morgan fingerprint density at radius 2 is 1.35 bits per heavy atom. The van der Waals surface area contributed by atoms with E-state index in [0.717, 1.165) is 0 Å². The number of aliphatic hydroxyl groups is 1. The standard InChI is InChI=1S/C18H33N5O8/c1-9(2)14(20)17(29)22-11(7-13(25)26)15(27)23-12(8-24)16(28)21-10(18(30)31)5-3-4-6-19/h9-12,14,24H,3-8,19-20H2,1-2H3,(H,21,28)(H,22,29)(H,23,27)(H,25,26)(H,30,31). The summed E-state index contributed by atoms with van der Waals surface area (Å²) in [4.78, 5) is 59.3. The zero-order chi connectivity index (χ0) is 24.1. The maximum absolute atomic E-state index is 12.5. The van der Waals surface area contributed by atoms with Gasteiger partial charge in [0.1, 0.15) is 18.1 Å². The van der Waals surface area contributed by atoms with Gasteiger partial charge in [0, 0.05) is 0 Å². The van der Waals surface area contributed by atoms with Crippen LogP contribution in [0.4, 0.5) is 0 Å². The van der Waals surface area contributed by atoms with Crippen LogP contribution < -0.4 is 27.4 Å². The fourth-order valence-electron chi connectivity index (χ4n) is 2.44. The lowest BCUT2D eigenvalue weighted by molar-refractivity contribution is -0.143. The highest BCUT2D eigenvalue weighted by Gasteiger charge is 2.31. The minimum atomic E-state index is -1.56. The number of aliphatic carboxylic acids is 2. The van der Waals surface area contributed by atoms with Crippen LogP contribution in [0, 0.1) is 5.92 Å². The van der Waals surface area contributed by atoms with E-state index in [4.69, 9.17) is 16.6 Å². The van der Waals surface area contributed by atoms with Crippen LogP contribution in [-0.2, 0) is 24.0 Å². The maximum atomic E-state index is 12.5. The molecule has 0 aromatic rings. The van der Waals surface area contributed by atoms with Crippen LogP contribution >= 0.6 is 0 Å². The van der Waals surface area contributed by atoms with Gasteiger partial charge in [-0.3, -0.25) is 19.2 Å². The molecule has 31 heavy (non-hydrogen) atoms. The molecule has 0 heterocycles. The molecule has 4 unspecified atom stereocenters. The average molecular weight is 447 g/mol. The predicted molar refractivity (Wildman–Crippen MR) is 108 cm³/mol. The molecule has 0 aromatic heterocycles. The second kappa shape index (κ2) is 14.3. The average Bonchev–Trinajstić information content (AvgIpc) is 2.69. The number of nitrogens with two attached hydrogens (primary N) is 2. The molecule has 0 saturated carbocycles. The second-order valence-electron chi connectivity index (χ2n) is 7.36. The molecule has 0 aromatic carbocycles. The molecule has 0 aliphatic rings. The van der Waals surface area contributed by atoms with Crippen molar-refractivity contribution in [2.24, 2.45) is 17.4 Å². The lowest BCUT2D eigenvalue weighted by atomic mass is 10.0. The highest BCUT2D eigenvalue weighted by atomic mass is 16.4. The van der Waals surface area contributed by atoms with Crippen molar-refractivity contribution in [3.63, 3.8) is 0 Å². The van der Waals surface area contributed by atoms with E-state index >= 15 is 0 Å². The molecule has 0 rings (SSSR count). The summed E-state index contributed by atoms with van der Waals surface area (Å²) in [7, 11) is 0. The Balaban J connectivity index is 5.20. The smallest absolute Gasteiger partial charge is 0.326 e. The molecular formula is C18H33N5O8. The molecular weight excluding hydrogens is 414 g/mol. The van der Waals surface area contributed by atoms with Crippen molar-refractivity contribution in [3.05, 3.63) is 0 Å². The molecule has 0 saturated heterocycles. The summed E-state index contributed by atoms with van der Waals surface area (Å²) in [5.41, 5.74) is 11.0. The summed E-state index contributed by atoms with van der Waals surface area (Å²) in [6.07, 6.45) is 0.287. The number of carboxylic acid groups (broad SMARTS) is 2. The van der Waals surface area contributed by atoms with Crippen LogP contribution in [0.25, 0.3) is 0 Å². The number of hydrogen-bond donors (Lipinski definition) is 8. The fraction of sp³-hybridized carbons (Fsp3) is 0.722. The molecule has 0 aliphatic carbocycles. The van der Waals surface area contributed by atoms with Crippen LogP contribution in [0.3, 0.4) is 0 Å². The number of carbonyl (C=O) groups excluding carboxylic acids is 3. The molecule has 178 valence electrons. The van der Waals surface area contributed by atoms with E-state index in [-0.39, 0.29) is 12.3 Å². The maximum Gasteiger partial charge on any atom is 0.326 e. The molecule has 3 amide bonds. The first-order valence-electron chi connectivity index (χ1n) is 9.86. The second-order valence-corrected chi connectivity index (χ2v) is 7.36. The molecule has 0 aliphatic heterocycles. The van der Waals surface area contributed by atoms with E-state index < -0.39 is 66.9 Å². The summed E-state index contributed by atoms with van der Waals surface area (Å²) in [6.45, 7) is 2.79. The zero-order valence-corrected chi connectivity index (χ0v) is 17.7. The van der Waals surface area contributed by atoms with Crippen LogP contribution in [0.5, 0.6) is 0 Å². The number of carbonyl (C=O) groups is 5. The van der Waals surface area contributed by atoms with Crippen molar-refractivity contribution in [1.29, 1.82) is 0 Å². The number of aliphatic hydroxyl groups excluding tert-OH is 1. The summed E-state index contributed by atoms with van der Waals surface area (Å²) < 4.78 is 0. The minimum absolute atomic E-state index is 0.0924. The fourth-order valence-corrected chi connectivity index (χ4v) is 2.44. The van der Waals surface area contributed by atoms with E-state index in [2.05, 4.69) is 16.0 Å². The van der Waals surface area contributed by atoms with Gasteiger partial charge in [-0.2, -0.15) is 0 Å². The molecule has 10 N–H and O–H groups in total. The van der Waals surface area contributed by atoms with Crippen molar-refractivity contribution < 1.29 is 39.3 Å². The molecule has 4 atom stereocenters. The molecule has 0 radical (unpaired) electrons. The highest BCUT2D eigenvalue weighted by Crippen LogP contribution is 2.03. The number of amides is 3. The molecule has 13 nitrogen and oxygen atoms in total. The number of hydrogen-bond acceptors (Lipinski definition) is 8. The van der Waals surface area contributed by atoms with Gasteiger partial charge >= 0.3 is 11.9 Å². The Hall–Kier alpha value is -2.77. The summed E-state index contributed by atoms with van der Waals surface area (Å²) >= 11 is 0. The van der Waals surface area contributed by atoms with Crippen molar-refractivity contribution in [2.75, 3.05) is 13.2 Å². The lowest BCUT2D eigenvalue weighted by Crippen LogP contribution is -2.58. The third-order valence-electron chi connectivity index (χ3n) is 4.41. The molecule has 0 spiro atoms. The van der Waals surface area contributed by atoms with Crippen molar-refractivity contribution in [1.82, 2.24) is 16.0 Å². The van der Waals surface area contributed by atoms with Gasteiger partial charge in [-0.05, 0) is 31.7 Å². The van der Waals surface area contributed by atoms with E-state index in [0.29, 0.717) is 19.4 Å². The minimum Gasteiger partial charge on any atom is -0.481 e. The first kappa shape index (κ1) is 28.2. The molecule has 13 heteroatoms. The number of unbranched alkanes of at least 4 members (excludes halogenated alkanes) is 1. The predicted octanol–water partition coefficient (Wildman–Crippen LogP) is -2.90. The van der Waals surface area contributed by atoms with Crippen LogP contribution in [0.2, 0.25) is 0 Å². The van der Waals surface area contributed by atoms with E-state index in [9.17, 15) is 34.2 Å². The normalized spacial score (nSPS) is 14.8. The van der Waals surface area contributed by atoms with Crippen molar-refractivity contribution >= 4 is 29.7 Å². The Bertz CT molecular complexity index is 642. The number of nitrogens with one attached hydrogen (secondary N) is 3. The van der Waals surface area contributed by atoms with Gasteiger partial charge < -0.3 is 42.7 Å². The lowest BCUT2D eigenvalue weighted by Gasteiger charge is -2.24. The van der Waals surface area contributed by atoms with Gasteiger partial charge in [0.2, 0.25) is 17.7 Å². The largest absolute Gasteiger partial charge is 0.481 e. The SMILES string of the molecule is CC(C)C(N)C(=O)NC(CC(=O)O)C(=O)NC(CO)C(=O)NC(CCCCN)C(=O)O. The quantitative estimate of drug-likeness (QED) is 0.119. The summed E-state index contributed by atoms with van der Waals surface area (Å²) in [5, 5.41) is 34.2. The monoisotopic (exact) mass is 447 g/mol. The Kier molecular flexibility index (Phi) is 13.0. The van der Waals surface area contributed by atoms with Crippen molar-refractivity contribution in [3.8, 4) is 0 Å². The zero-order valence-electron chi connectivity index (χ0n) is 17.7. The van der Waals surface area contributed by atoms with Gasteiger partial charge in [-0.15, -0.1) is 0 Å². The van der Waals surface area contributed by atoms with E-state index in [1.54, 1.807) is 13.8 Å². The topological polar surface area (TPSA) is 234 Å². The third kappa shape index (κ3) is 10.7. The Labute approximate surface area is 179 Å². The number of carboxylic acids is 2. The van der Waals surface area contributed by atoms with Gasteiger partial charge in [0.05, 0.1) is 19.1 Å². The number of rotatable bonds is 15. The third-order valence-corrected chi connectivity index (χ3v) is 4.41. The Morgan fingerprint density at radius 3 is 1.81 bits per heavy atom. The first-order chi connectivity index (χ1) is 14.4. The van der Waals surface area contributed by atoms with Crippen LogP contribution in [0.15, 0.2) is 0 Å². The van der Waals surface area contributed by atoms with E-state index in [1.807, 2.05) is 0 Å². The molecule has 0 bridgehead atoms. The van der Waals surface area contributed by atoms with Crippen LogP contribution in [-0.4, -0.2) is 82.3 Å². The summed E-state index contributed by atoms with van der Waals surface area (Å²) in [5.74, 6) is -5.75. The van der Waals surface area contributed by atoms with Gasteiger partial charge in [-0.25, -0.2) is 4.79 Å². The Morgan fingerprint density at radius 1 is 0.839 bits per heavy atom. The molecule has 0 fully saturated rings. The first-order valence-corrected chi connectivity index (χ1v) is 9.86. The highest BCUT2D eigenvalue weighted by molar-refractivity contribution is 5.95. The summed E-state index contributed by atoms with van der Waals surface area (Å²) in [6, 6.07) is -5.37. The van der Waals surface area contributed by atoms with Gasteiger partial charge in [0.15, 0.2) is 0 Å². The van der Waals surface area contributed by atoms with Crippen LogP contribution in [0.1, 0.15) is 39.5 Å².